The van der Waals surface area contributed by atoms with Gasteiger partial charge < -0.3 is 15.1 Å². The van der Waals surface area contributed by atoms with Crippen LogP contribution in [0.1, 0.15) is 34.4 Å². The summed E-state index contributed by atoms with van der Waals surface area (Å²) >= 11 is 1.30. The second-order valence-corrected chi connectivity index (χ2v) is 6.97. The van der Waals surface area contributed by atoms with Gasteiger partial charge in [-0.05, 0) is 12.5 Å². The minimum absolute atomic E-state index is 0.253. The van der Waals surface area contributed by atoms with Gasteiger partial charge >= 0.3 is 0 Å². The molecule has 1 atom stereocenters. The van der Waals surface area contributed by atoms with Gasteiger partial charge in [-0.25, -0.2) is 0 Å². The van der Waals surface area contributed by atoms with Crippen molar-refractivity contribution in [2.45, 2.75) is 25.6 Å². The normalized spacial score (nSPS) is 15.7. The number of hydrogen-bond acceptors (Lipinski definition) is 7. The fourth-order valence-electron chi connectivity index (χ4n) is 3.09. The van der Waals surface area contributed by atoms with Crippen molar-refractivity contribution < 1.29 is 15.0 Å². The van der Waals surface area contributed by atoms with Gasteiger partial charge in [-0.2, -0.15) is 10.1 Å². The number of carbonyl (C=O) groups is 1. The molecule has 0 saturated carbocycles. The van der Waals surface area contributed by atoms with Crippen molar-refractivity contribution in [3.8, 4) is 0 Å². The fourth-order valence-corrected chi connectivity index (χ4v) is 3.81. The first-order valence-corrected chi connectivity index (χ1v) is 9.06. The smallest absolute Gasteiger partial charge is 0.274 e. The standard InChI is InChI=1S/C16H17N5O4S/c22-9-13(23)11-6-10-8-19(2-1-3-21(10)18-11)15(25)12-7-14(24)17-16-20(12)4-5-26-16/h4-7,13,22-23H,1-3,8-9H2/t13-/m0/s1. The monoisotopic (exact) mass is 375 g/mol. The lowest BCUT2D eigenvalue weighted by Gasteiger charge is -2.20. The molecule has 136 valence electrons. The van der Waals surface area contributed by atoms with Crippen molar-refractivity contribution in [2.24, 2.45) is 0 Å². The van der Waals surface area contributed by atoms with Gasteiger partial charge in [0, 0.05) is 30.7 Å². The van der Waals surface area contributed by atoms with E-state index in [1.165, 1.54) is 17.4 Å². The quantitative estimate of drug-likeness (QED) is 0.668. The molecule has 3 aromatic heterocycles. The van der Waals surface area contributed by atoms with Gasteiger partial charge in [-0.15, -0.1) is 11.3 Å². The number of aliphatic hydroxyl groups excluding tert-OH is 2. The summed E-state index contributed by atoms with van der Waals surface area (Å²) in [5.41, 5.74) is 1.01. The molecule has 4 rings (SSSR count). The molecule has 9 nitrogen and oxygen atoms in total. The van der Waals surface area contributed by atoms with Crippen molar-refractivity contribution in [1.29, 1.82) is 0 Å². The lowest BCUT2D eigenvalue weighted by atomic mass is 10.2. The van der Waals surface area contributed by atoms with Crippen LogP contribution in [0.25, 0.3) is 4.96 Å². The van der Waals surface area contributed by atoms with Crippen LogP contribution in [-0.2, 0) is 13.1 Å². The summed E-state index contributed by atoms with van der Waals surface area (Å²) in [6, 6.07) is 2.95. The molecule has 0 spiro atoms. The van der Waals surface area contributed by atoms with Gasteiger partial charge in [-0.1, -0.05) is 0 Å². The van der Waals surface area contributed by atoms with E-state index in [-0.39, 0.29) is 11.6 Å². The molecule has 0 radical (unpaired) electrons. The highest BCUT2D eigenvalue weighted by molar-refractivity contribution is 7.15. The molecule has 10 heteroatoms. The van der Waals surface area contributed by atoms with Gasteiger partial charge in [0.2, 0.25) is 0 Å². The molecule has 26 heavy (non-hydrogen) atoms. The maximum atomic E-state index is 13.0. The summed E-state index contributed by atoms with van der Waals surface area (Å²) in [6.07, 6.45) is 1.38. The Kier molecular flexibility index (Phi) is 4.31. The van der Waals surface area contributed by atoms with Crippen LogP contribution in [0.2, 0.25) is 0 Å². The Bertz CT molecular complexity index is 1020. The van der Waals surface area contributed by atoms with E-state index >= 15 is 0 Å². The average molecular weight is 375 g/mol. The second-order valence-electron chi connectivity index (χ2n) is 6.10. The molecular formula is C16H17N5O4S. The number of fused-ring (bicyclic) bond motifs is 2. The van der Waals surface area contributed by atoms with Crippen LogP contribution in [0.4, 0.5) is 0 Å². The van der Waals surface area contributed by atoms with Gasteiger partial charge in [-0.3, -0.25) is 18.7 Å². The molecule has 0 bridgehead atoms. The molecule has 3 aromatic rings. The van der Waals surface area contributed by atoms with Crippen molar-refractivity contribution in [1.82, 2.24) is 24.1 Å². The van der Waals surface area contributed by atoms with Crippen molar-refractivity contribution in [3.05, 3.63) is 51.1 Å². The number of thiazole rings is 1. The predicted molar refractivity (Wildman–Crippen MR) is 93.0 cm³/mol. The average Bonchev–Trinajstić information content (AvgIpc) is 3.21. The Labute approximate surface area is 151 Å². The fraction of sp³-hybridized carbons (Fsp3) is 0.375. The van der Waals surface area contributed by atoms with E-state index in [2.05, 4.69) is 10.1 Å². The van der Waals surface area contributed by atoms with E-state index in [9.17, 15) is 14.7 Å². The maximum Gasteiger partial charge on any atom is 0.274 e. The molecule has 1 amide bonds. The lowest BCUT2D eigenvalue weighted by Crippen LogP contribution is -2.33. The van der Waals surface area contributed by atoms with Crippen LogP contribution in [0.3, 0.4) is 0 Å². The number of hydrogen-bond donors (Lipinski definition) is 2. The van der Waals surface area contributed by atoms with Gasteiger partial charge in [0.25, 0.3) is 11.5 Å². The summed E-state index contributed by atoms with van der Waals surface area (Å²) in [5.74, 6) is -0.253. The third kappa shape index (κ3) is 2.91. The Balaban J connectivity index is 1.67. The highest BCUT2D eigenvalue weighted by Gasteiger charge is 2.25. The highest BCUT2D eigenvalue weighted by atomic mass is 32.1. The Hall–Kier alpha value is -2.56. The Morgan fingerprint density at radius 3 is 3.00 bits per heavy atom. The van der Waals surface area contributed by atoms with Gasteiger partial charge in [0.05, 0.1) is 24.5 Å². The third-order valence-corrected chi connectivity index (χ3v) is 5.13. The first-order valence-electron chi connectivity index (χ1n) is 8.18. The number of aromatic nitrogens is 4. The Morgan fingerprint density at radius 1 is 1.35 bits per heavy atom. The second kappa shape index (κ2) is 6.63. The SMILES string of the molecule is O=C(c1cc(=O)nc2sccn12)N1CCCn2nc([C@@H](O)CO)cc2C1. The van der Waals surface area contributed by atoms with E-state index in [1.54, 1.807) is 31.6 Å². The van der Waals surface area contributed by atoms with E-state index in [1.807, 2.05) is 0 Å². The number of nitrogens with zero attached hydrogens (tertiary/aromatic N) is 5. The minimum atomic E-state index is -1.04. The summed E-state index contributed by atoms with van der Waals surface area (Å²) < 4.78 is 3.37. The van der Waals surface area contributed by atoms with Crippen LogP contribution in [0.15, 0.2) is 28.5 Å². The lowest BCUT2D eigenvalue weighted by molar-refractivity contribution is 0.0737. The molecular weight excluding hydrogens is 358 g/mol. The zero-order chi connectivity index (χ0) is 18.3. The van der Waals surface area contributed by atoms with E-state index < -0.39 is 18.3 Å². The minimum Gasteiger partial charge on any atom is -0.393 e. The molecule has 1 aliphatic rings. The summed E-state index contributed by atoms with van der Waals surface area (Å²) in [6.45, 7) is 1.05. The first-order chi connectivity index (χ1) is 12.6. The summed E-state index contributed by atoms with van der Waals surface area (Å²) in [4.78, 5) is 30.9. The van der Waals surface area contributed by atoms with Crippen LogP contribution in [0.5, 0.6) is 0 Å². The first kappa shape index (κ1) is 16.9. The number of rotatable bonds is 3. The van der Waals surface area contributed by atoms with Crippen molar-refractivity contribution >= 4 is 22.2 Å². The summed E-state index contributed by atoms with van der Waals surface area (Å²) in [5, 5.41) is 25.0. The van der Waals surface area contributed by atoms with Crippen LogP contribution < -0.4 is 5.56 Å². The van der Waals surface area contributed by atoms with Gasteiger partial charge in [0.1, 0.15) is 11.8 Å². The number of carbonyl (C=O) groups excluding carboxylic acids is 1. The van der Waals surface area contributed by atoms with E-state index in [0.29, 0.717) is 36.7 Å². The number of aryl methyl sites for hydroxylation is 1. The Morgan fingerprint density at radius 2 is 2.19 bits per heavy atom. The molecule has 0 aromatic carbocycles. The highest BCUT2D eigenvalue weighted by Crippen LogP contribution is 2.20. The van der Waals surface area contributed by atoms with Crippen LogP contribution in [-0.4, -0.2) is 53.3 Å². The predicted octanol–water partition coefficient (Wildman–Crippen LogP) is 0.0243. The largest absolute Gasteiger partial charge is 0.393 e. The van der Waals surface area contributed by atoms with Crippen molar-refractivity contribution in [2.75, 3.05) is 13.2 Å². The summed E-state index contributed by atoms with van der Waals surface area (Å²) in [7, 11) is 0. The zero-order valence-corrected chi connectivity index (χ0v) is 14.6. The van der Waals surface area contributed by atoms with Crippen LogP contribution >= 0.6 is 11.3 Å². The molecule has 4 heterocycles. The van der Waals surface area contributed by atoms with Crippen LogP contribution in [0, 0.1) is 0 Å². The molecule has 0 saturated heterocycles. The maximum absolute atomic E-state index is 13.0. The topological polar surface area (TPSA) is 113 Å². The molecule has 1 aliphatic heterocycles. The number of aliphatic hydroxyl groups is 2. The van der Waals surface area contributed by atoms with E-state index in [4.69, 9.17) is 5.11 Å². The molecule has 0 fully saturated rings. The van der Waals surface area contributed by atoms with Crippen molar-refractivity contribution in [3.63, 3.8) is 0 Å². The number of amides is 1. The van der Waals surface area contributed by atoms with Gasteiger partial charge in [0.15, 0.2) is 4.96 Å². The molecule has 2 N–H and O–H groups in total. The molecule has 0 unspecified atom stereocenters. The zero-order valence-electron chi connectivity index (χ0n) is 13.8. The third-order valence-electron chi connectivity index (χ3n) is 4.37. The molecule has 0 aliphatic carbocycles. The van der Waals surface area contributed by atoms with E-state index in [0.717, 1.165) is 5.69 Å².